The van der Waals surface area contributed by atoms with E-state index in [0.717, 1.165) is 12.1 Å². The van der Waals surface area contributed by atoms with Gasteiger partial charge in [-0.3, -0.25) is 4.90 Å². The number of hydrogen-bond acceptors (Lipinski definition) is 2. The molecule has 1 unspecified atom stereocenters. The van der Waals surface area contributed by atoms with Crippen molar-refractivity contribution in [1.82, 2.24) is 10.2 Å². The lowest BCUT2D eigenvalue weighted by molar-refractivity contribution is -0.138. The maximum Gasteiger partial charge on any atom is 0.416 e. The van der Waals surface area contributed by atoms with Gasteiger partial charge in [-0.25, -0.2) is 0 Å². The Morgan fingerprint density at radius 1 is 0.786 bits per heavy atom. The first-order valence-corrected chi connectivity index (χ1v) is 8.91. The molecule has 0 aliphatic carbocycles. The first-order valence-electron chi connectivity index (χ1n) is 8.91. The van der Waals surface area contributed by atoms with Crippen molar-refractivity contribution in [1.29, 1.82) is 0 Å². The molecule has 28 heavy (non-hydrogen) atoms. The topological polar surface area (TPSA) is 15.3 Å². The highest BCUT2D eigenvalue weighted by Crippen LogP contribution is 2.35. The summed E-state index contributed by atoms with van der Waals surface area (Å²) in [6.07, 6.45) is -8.36. The number of nitrogens with zero attached hydrogens (tertiary/aromatic N) is 1. The Kier molecular flexibility index (Phi) is 6.00. The fourth-order valence-corrected chi connectivity index (χ4v) is 3.57. The summed E-state index contributed by atoms with van der Waals surface area (Å²) in [4.78, 5) is 1.70. The zero-order valence-electron chi connectivity index (χ0n) is 14.9. The summed E-state index contributed by atoms with van der Waals surface area (Å²) < 4.78 is 80.1. The Morgan fingerprint density at radius 2 is 1.25 bits per heavy atom. The van der Waals surface area contributed by atoms with Gasteiger partial charge in [0.2, 0.25) is 0 Å². The highest BCUT2D eigenvalue weighted by molar-refractivity contribution is 5.32. The minimum absolute atomic E-state index is 0.0615. The average Bonchev–Trinajstić information content (AvgIpc) is 3.15. The predicted molar refractivity (Wildman–Crippen MR) is 93.4 cm³/mol. The van der Waals surface area contributed by atoms with E-state index in [1.54, 1.807) is 4.90 Å². The maximum absolute atomic E-state index is 13.3. The number of nitrogens with one attached hydrogen (secondary N) is 1. The average molecular weight is 402 g/mol. The molecular formula is C20H20F6N2. The van der Waals surface area contributed by atoms with E-state index in [1.807, 2.05) is 0 Å². The molecule has 152 valence electrons. The smallest absolute Gasteiger partial charge is 0.315 e. The van der Waals surface area contributed by atoms with Gasteiger partial charge in [0, 0.05) is 25.7 Å². The second kappa shape index (κ2) is 8.13. The highest BCUT2D eigenvalue weighted by atomic mass is 19.4. The molecule has 0 spiro atoms. The molecule has 1 aliphatic heterocycles. The summed E-state index contributed by atoms with van der Waals surface area (Å²) in [6.45, 7) is 1.06. The van der Waals surface area contributed by atoms with Gasteiger partial charge in [-0.05, 0) is 36.2 Å². The fraction of sp³-hybridized carbons (Fsp3) is 0.400. The van der Waals surface area contributed by atoms with Crippen LogP contribution in [-0.4, -0.2) is 24.0 Å². The van der Waals surface area contributed by atoms with Crippen LogP contribution in [0.25, 0.3) is 0 Å². The fourth-order valence-electron chi connectivity index (χ4n) is 3.57. The van der Waals surface area contributed by atoms with E-state index in [1.165, 1.54) is 36.4 Å². The van der Waals surface area contributed by atoms with Gasteiger partial charge in [0.25, 0.3) is 0 Å². The number of halogens is 6. The number of hydrogen-bond donors (Lipinski definition) is 1. The molecule has 0 bridgehead atoms. The van der Waals surface area contributed by atoms with Crippen LogP contribution in [-0.2, 0) is 25.4 Å². The molecular weight excluding hydrogens is 382 g/mol. The van der Waals surface area contributed by atoms with Crippen molar-refractivity contribution in [3.63, 3.8) is 0 Å². The Labute approximate surface area is 159 Å². The lowest BCUT2D eigenvalue weighted by Crippen LogP contribution is -2.37. The van der Waals surface area contributed by atoms with Gasteiger partial charge in [-0.1, -0.05) is 36.4 Å². The van der Waals surface area contributed by atoms with Gasteiger partial charge in [0.1, 0.15) is 0 Å². The Balaban J connectivity index is 1.93. The lowest BCUT2D eigenvalue weighted by atomic mass is 10.0. The quantitative estimate of drug-likeness (QED) is 0.701. The molecule has 3 rings (SSSR count). The van der Waals surface area contributed by atoms with Crippen LogP contribution >= 0.6 is 0 Å². The predicted octanol–water partition coefficient (Wildman–Crippen LogP) is 5.09. The van der Waals surface area contributed by atoms with Crippen LogP contribution in [0.4, 0.5) is 26.3 Å². The third kappa shape index (κ3) is 4.86. The summed E-state index contributed by atoms with van der Waals surface area (Å²) in [5.74, 6) is 0. The number of alkyl halides is 6. The lowest BCUT2D eigenvalue weighted by Gasteiger charge is -2.30. The molecule has 2 aromatic rings. The molecule has 1 aliphatic rings. The molecule has 8 heteroatoms. The molecule has 1 saturated heterocycles. The van der Waals surface area contributed by atoms with Gasteiger partial charge in [0.15, 0.2) is 0 Å². The molecule has 2 aromatic carbocycles. The third-order valence-electron chi connectivity index (χ3n) is 4.94. The number of rotatable bonds is 5. The minimum atomic E-state index is -4.51. The van der Waals surface area contributed by atoms with Crippen molar-refractivity contribution < 1.29 is 26.3 Å². The molecule has 0 aromatic heterocycles. The Hall–Kier alpha value is -2.06. The molecule has 0 saturated carbocycles. The van der Waals surface area contributed by atoms with Crippen LogP contribution in [0.2, 0.25) is 0 Å². The largest absolute Gasteiger partial charge is 0.416 e. The van der Waals surface area contributed by atoms with Crippen LogP contribution in [0.1, 0.15) is 28.7 Å². The van der Waals surface area contributed by atoms with Gasteiger partial charge in [-0.15, -0.1) is 0 Å². The number of benzene rings is 2. The van der Waals surface area contributed by atoms with E-state index in [2.05, 4.69) is 5.32 Å². The Bertz CT molecular complexity index is 734. The molecule has 2 nitrogen and oxygen atoms in total. The second-order valence-corrected chi connectivity index (χ2v) is 6.86. The van der Waals surface area contributed by atoms with Crippen molar-refractivity contribution in [3.8, 4) is 0 Å². The van der Waals surface area contributed by atoms with E-state index in [0.29, 0.717) is 19.5 Å². The normalized spacial score (nSPS) is 18.0. The van der Waals surface area contributed by atoms with Crippen LogP contribution in [0.3, 0.4) is 0 Å². The maximum atomic E-state index is 13.3. The van der Waals surface area contributed by atoms with Gasteiger partial charge in [0.05, 0.1) is 11.1 Å². The second-order valence-electron chi connectivity index (χ2n) is 6.86. The molecule has 1 fully saturated rings. The monoisotopic (exact) mass is 402 g/mol. The third-order valence-corrected chi connectivity index (χ3v) is 4.94. The first-order chi connectivity index (χ1) is 13.2. The summed E-state index contributed by atoms with van der Waals surface area (Å²) in [5, 5.41) is 3.13. The molecule has 0 radical (unpaired) electrons. The SMILES string of the molecule is FC(F)(F)c1ccccc1CN(Cc1ccccc1C(F)(F)F)C1CCNC1. The van der Waals surface area contributed by atoms with Crippen molar-refractivity contribution in [2.75, 3.05) is 13.1 Å². The van der Waals surface area contributed by atoms with E-state index in [9.17, 15) is 26.3 Å². The van der Waals surface area contributed by atoms with E-state index in [-0.39, 0.29) is 30.3 Å². The zero-order chi connectivity index (χ0) is 20.4. The summed E-state index contributed by atoms with van der Waals surface area (Å²) >= 11 is 0. The minimum Gasteiger partial charge on any atom is -0.315 e. The van der Waals surface area contributed by atoms with Gasteiger partial charge in [-0.2, -0.15) is 26.3 Å². The van der Waals surface area contributed by atoms with E-state index < -0.39 is 23.5 Å². The molecule has 0 amide bonds. The molecule has 1 heterocycles. The first kappa shape index (κ1) is 20.7. The highest BCUT2D eigenvalue weighted by Gasteiger charge is 2.36. The van der Waals surface area contributed by atoms with E-state index >= 15 is 0 Å². The zero-order valence-corrected chi connectivity index (χ0v) is 14.9. The van der Waals surface area contributed by atoms with Crippen LogP contribution in [0.5, 0.6) is 0 Å². The van der Waals surface area contributed by atoms with Crippen LogP contribution in [0, 0.1) is 0 Å². The van der Waals surface area contributed by atoms with Crippen molar-refractivity contribution in [3.05, 3.63) is 70.8 Å². The van der Waals surface area contributed by atoms with E-state index in [4.69, 9.17) is 0 Å². The summed E-state index contributed by atoms with van der Waals surface area (Å²) in [6, 6.07) is 10.3. The van der Waals surface area contributed by atoms with Crippen molar-refractivity contribution >= 4 is 0 Å². The van der Waals surface area contributed by atoms with Crippen LogP contribution in [0.15, 0.2) is 48.5 Å². The van der Waals surface area contributed by atoms with Crippen LogP contribution < -0.4 is 5.32 Å². The van der Waals surface area contributed by atoms with Crippen molar-refractivity contribution in [2.45, 2.75) is 37.9 Å². The summed E-state index contributed by atoms with van der Waals surface area (Å²) in [5.41, 5.74) is -1.39. The molecule has 1 atom stereocenters. The Morgan fingerprint density at radius 3 is 1.64 bits per heavy atom. The van der Waals surface area contributed by atoms with Gasteiger partial charge < -0.3 is 5.32 Å². The van der Waals surface area contributed by atoms with Gasteiger partial charge >= 0.3 is 12.4 Å². The molecule has 1 N–H and O–H groups in total. The standard InChI is InChI=1S/C20H20F6N2/c21-19(22,23)17-7-3-1-5-14(17)12-28(16-9-10-27-11-16)13-15-6-2-4-8-18(15)20(24,25)26/h1-8,16,27H,9-13H2. The van der Waals surface area contributed by atoms with Crippen molar-refractivity contribution in [2.24, 2.45) is 0 Å². The summed E-state index contributed by atoms with van der Waals surface area (Å²) in [7, 11) is 0.